The molecule has 1 aromatic rings. The van der Waals surface area contributed by atoms with Gasteiger partial charge < -0.3 is 9.87 Å². The summed E-state index contributed by atoms with van der Waals surface area (Å²) in [7, 11) is -11.9. The Balaban J connectivity index is 0.000000333. The van der Waals surface area contributed by atoms with Gasteiger partial charge in [-0.05, 0) is 0 Å². The Labute approximate surface area is 142 Å². The molecule has 0 spiro atoms. The minimum atomic E-state index is -6.09. The molecule has 0 aromatic carbocycles. The van der Waals surface area contributed by atoms with Crippen LogP contribution in [0.3, 0.4) is 0 Å². The molecule has 1 atom stereocenters. The third-order valence-corrected chi connectivity index (χ3v) is 8.48. The standard InChI is InChI=1S/C8H14N3O4S2.CHF3O3S/c1-10-3-4-11(7-10)17(14,15)8-6-9-2-5-16(8,12)13;2-1(3,4)8(5,6)7/h3-4,7-9H,2,5-6H2,1H3;(H,5,6,7)/q+1;/p-1. The number of imidazole rings is 1. The summed E-state index contributed by atoms with van der Waals surface area (Å²) in [5, 5.41) is 2.79. The van der Waals surface area contributed by atoms with E-state index in [9.17, 15) is 30.0 Å². The Morgan fingerprint density at radius 2 is 1.80 bits per heavy atom. The number of sulfone groups is 1. The maximum atomic E-state index is 12.1. The van der Waals surface area contributed by atoms with Crippen molar-refractivity contribution < 1.29 is 47.5 Å². The van der Waals surface area contributed by atoms with Crippen LogP contribution in [0.5, 0.6) is 0 Å². The molecule has 25 heavy (non-hydrogen) atoms. The van der Waals surface area contributed by atoms with Gasteiger partial charge in [0.1, 0.15) is 12.4 Å². The number of hydrogen-bond acceptors (Lipinski definition) is 8. The van der Waals surface area contributed by atoms with Gasteiger partial charge in [-0.15, -0.1) is 3.97 Å². The second-order valence-corrected chi connectivity index (χ2v) is 10.8. The van der Waals surface area contributed by atoms with Crippen LogP contribution in [0.25, 0.3) is 0 Å². The zero-order valence-electron chi connectivity index (χ0n) is 12.5. The first-order valence-corrected chi connectivity index (χ1v) is 10.9. The van der Waals surface area contributed by atoms with Gasteiger partial charge in [0.25, 0.3) is 6.33 Å². The van der Waals surface area contributed by atoms with Crippen molar-refractivity contribution in [1.82, 2.24) is 9.29 Å². The molecule has 2 rings (SSSR count). The lowest BCUT2D eigenvalue weighted by Crippen LogP contribution is -2.49. The van der Waals surface area contributed by atoms with Crippen LogP contribution < -0.4 is 9.88 Å². The number of aromatic nitrogens is 2. The largest absolute Gasteiger partial charge is 0.741 e. The van der Waals surface area contributed by atoms with Crippen molar-refractivity contribution >= 4 is 30.0 Å². The molecule has 1 fully saturated rings. The number of nitrogens with one attached hydrogen (secondary N) is 1. The summed E-state index contributed by atoms with van der Waals surface area (Å²) in [5.41, 5.74) is -5.65. The van der Waals surface area contributed by atoms with Crippen molar-refractivity contribution in [1.29, 1.82) is 0 Å². The molecule has 146 valence electrons. The van der Waals surface area contributed by atoms with Crippen molar-refractivity contribution in [3.8, 4) is 0 Å². The van der Waals surface area contributed by atoms with E-state index in [1.807, 2.05) is 0 Å². The first kappa shape index (κ1) is 21.8. The van der Waals surface area contributed by atoms with Crippen molar-refractivity contribution in [3.05, 3.63) is 18.7 Å². The molecule has 10 nitrogen and oxygen atoms in total. The van der Waals surface area contributed by atoms with Gasteiger partial charge in [0.2, 0.25) is 4.58 Å². The van der Waals surface area contributed by atoms with E-state index in [2.05, 4.69) is 5.32 Å². The summed E-state index contributed by atoms with van der Waals surface area (Å²) >= 11 is 0. The van der Waals surface area contributed by atoms with Gasteiger partial charge in [-0.1, -0.05) is 0 Å². The quantitative estimate of drug-likeness (QED) is 0.319. The lowest BCUT2D eigenvalue weighted by Gasteiger charge is -2.21. The third kappa shape index (κ3) is 5.37. The van der Waals surface area contributed by atoms with E-state index in [0.717, 1.165) is 3.97 Å². The summed E-state index contributed by atoms with van der Waals surface area (Å²) in [6, 6.07) is 0. The highest BCUT2D eigenvalue weighted by molar-refractivity contribution is 8.08. The van der Waals surface area contributed by atoms with Crippen LogP contribution in [0.2, 0.25) is 0 Å². The van der Waals surface area contributed by atoms with Gasteiger partial charge in [-0.3, -0.25) is 0 Å². The molecule has 1 aliphatic rings. The lowest BCUT2D eigenvalue weighted by molar-refractivity contribution is -0.670. The number of rotatable bonds is 2. The summed E-state index contributed by atoms with van der Waals surface area (Å²) in [6.07, 6.45) is 4.21. The first-order valence-electron chi connectivity index (χ1n) is 6.31. The number of nitrogens with zero attached hydrogens (tertiary/aromatic N) is 2. The maximum Gasteiger partial charge on any atom is 0.485 e. The van der Waals surface area contributed by atoms with Crippen LogP contribution in [-0.2, 0) is 37.0 Å². The van der Waals surface area contributed by atoms with Crippen LogP contribution in [0.1, 0.15) is 0 Å². The van der Waals surface area contributed by atoms with Crippen molar-refractivity contribution in [3.63, 3.8) is 0 Å². The van der Waals surface area contributed by atoms with E-state index in [-0.39, 0.29) is 12.3 Å². The topological polar surface area (TPSA) is 146 Å². The molecule has 0 saturated carbocycles. The number of alkyl halides is 3. The maximum absolute atomic E-state index is 12.1. The summed E-state index contributed by atoms with van der Waals surface area (Å²) in [5.74, 6) is -0.149. The van der Waals surface area contributed by atoms with Crippen LogP contribution in [-0.4, -0.2) is 62.7 Å². The number of hydrogen-bond donors (Lipinski definition) is 1. The molecule has 1 N–H and O–H groups in total. The SMILES string of the molecule is C[n+]1ccn(S(=O)(=O)C2CNCCS2(=O)=O)c1.O=S(=O)([O-])C(F)(F)F. The van der Waals surface area contributed by atoms with Gasteiger partial charge in [0.15, 0.2) is 20.0 Å². The fraction of sp³-hybridized carbons (Fsp3) is 0.667. The van der Waals surface area contributed by atoms with E-state index in [1.54, 1.807) is 17.8 Å². The Bertz CT molecular complexity index is 919. The fourth-order valence-corrected chi connectivity index (χ4v) is 5.93. The number of aryl methyl sites for hydroxylation is 1. The molecule has 1 aliphatic heterocycles. The molecule has 0 radical (unpaired) electrons. The second-order valence-electron chi connectivity index (χ2n) is 4.85. The molecule has 1 saturated heterocycles. The molecule has 1 unspecified atom stereocenters. The smallest absolute Gasteiger partial charge is 0.485 e. The van der Waals surface area contributed by atoms with Gasteiger partial charge in [-0.25, -0.2) is 21.4 Å². The Hall–Kier alpha value is -1.23. The van der Waals surface area contributed by atoms with Gasteiger partial charge in [-0.2, -0.15) is 21.6 Å². The van der Waals surface area contributed by atoms with Crippen molar-refractivity contribution in [2.45, 2.75) is 10.1 Å². The van der Waals surface area contributed by atoms with Crippen LogP contribution in [0.15, 0.2) is 18.7 Å². The summed E-state index contributed by atoms with van der Waals surface area (Å²) in [4.78, 5) is 0. The van der Waals surface area contributed by atoms with Crippen molar-refractivity contribution in [2.75, 3.05) is 18.8 Å². The van der Waals surface area contributed by atoms with Crippen LogP contribution in [0.4, 0.5) is 13.2 Å². The van der Waals surface area contributed by atoms with Gasteiger partial charge in [0, 0.05) is 13.1 Å². The Morgan fingerprint density at radius 1 is 1.28 bits per heavy atom. The van der Waals surface area contributed by atoms with E-state index in [4.69, 9.17) is 13.0 Å². The molecule has 0 amide bonds. The zero-order valence-corrected chi connectivity index (χ0v) is 15.0. The predicted octanol–water partition coefficient (Wildman–Crippen LogP) is -2.11. The third-order valence-electron chi connectivity index (χ3n) is 2.93. The van der Waals surface area contributed by atoms with E-state index < -0.39 is 40.1 Å². The second kappa shape index (κ2) is 7.18. The summed E-state index contributed by atoms with van der Waals surface area (Å²) < 4.78 is 108. The van der Waals surface area contributed by atoms with Crippen LogP contribution in [0, 0.1) is 0 Å². The van der Waals surface area contributed by atoms with Gasteiger partial charge >= 0.3 is 15.5 Å². The van der Waals surface area contributed by atoms with E-state index in [0.29, 0.717) is 6.54 Å². The zero-order chi connectivity index (χ0) is 19.7. The average Bonchev–Trinajstić information content (AvgIpc) is 2.83. The minimum Gasteiger partial charge on any atom is -0.741 e. The molecular weight excluding hydrogens is 415 g/mol. The Kier molecular flexibility index (Phi) is 6.26. The van der Waals surface area contributed by atoms with Gasteiger partial charge in [0.05, 0.1) is 12.8 Å². The highest BCUT2D eigenvalue weighted by Gasteiger charge is 2.43. The van der Waals surface area contributed by atoms with Crippen molar-refractivity contribution in [2.24, 2.45) is 7.05 Å². The molecule has 16 heteroatoms. The normalized spacial score (nSPS) is 21.2. The van der Waals surface area contributed by atoms with Crippen LogP contribution >= 0.6 is 0 Å². The summed E-state index contributed by atoms with van der Waals surface area (Å²) in [6.45, 7) is 0.236. The molecule has 1 aromatic heterocycles. The predicted molar refractivity (Wildman–Crippen MR) is 76.1 cm³/mol. The van der Waals surface area contributed by atoms with E-state index >= 15 is 0 Å². The molecule has 0 bridgehead atoms. The lowest BCUT2D eigenvalue weighted by atomic mass is 10.6. The molecule has 2 heterocycles. The fourth-order valence-electron chi connectivity index (χ4n) is 1.70. The Morgan fingerprint density at radius 3 is 2.16 bits per heavy atom. The molecular formula is C9H14F3N3O7S3. The monoisotopic (exact) mass is 429 g/mol. The minimum absolute atomic E-state index is 0.0629. The molecule has 0 aliphatic carbocycles. The average molecular weight is 429 g/mol. The highest BCUT2D eigenvalue weighted by atomic mass is 32.3. The van der Waals surface area contributed by atoms with E-state index in [1.165, 1.54) is 12.5 Å². The number of halogens is 3. The first-order chi connectivity index (χ1) is 11.1. The highest BCUT2D eigenvalue weighted by Crippen LogP contribution is 2.20.